The van der Waals surface area contributed by atoms with Crippen molar-refractivity contribution in [2.75, 3.05) is 4.90 Å². The van der Waals surface area contributed by atoms with Gasteiger partial charge in [0.2, 0.25) is 11.8 Å². The molecule has 0 aromatic heterocycles. The van der Waals surface area contributed by atoms with Gasteiger partial charge in [-0.05, 0) is 30.9 Å². The number of aliphatic hydroxyl groups is 1. The lowest BCUT2D eigenvalue weighted by Gasteiger charge is -2.38. The van der Waals surface area contributed by atoms with E-state index in [-0.39, 0.29) is 12.3 Å². The minimum atomic E-state index is -1.24. The second kappa shape index (κ2) is 9.73. The minimum Gasteiger partial charge on any atom is -0.465 e. The summed E-state index contributed by atoms with van der Waals surface area (Å²) in [5.41, 5.74) is 0.561. The molecule has 1 aromatic rings. The summed E-state index contributed by atoms with van der Waals surface area (Å²) in [5, 5.41) is 25.0. The predicted molar refractivity (Wildman–Crippen MR) is 107 cm³/mol. The maximum Gasteiger partial charge on any atom is 0.405 e. The molecule has 3 atom stereocenters. The number of nitrogens with zero attached hydrogens (tertiary/aromatic N) is 1. The summed E-state index contributed by atoms with van der Waals surface area (Å²) in [7, 11) is 0. The van der Waals surface area contributed by atoms with E-state index in [1.807, 2.05) is 6.07 Å². The molecule has 1 unspecified atom stereocenters. The molecule has 158 valence electrons. The highest BCUT2D eigenvalue weighted by molar-refractivity contribution is 5.95. The van der Waals surface area contributed by atoms with E-state index >= 15 is 0 Å². The molecule has 2 fully saturated rings. The summed E-state index contributed by atoms with van der Waals surface area (Å²) >= 11 is 0. The number of hydrogen-bond donors (Lipinski definition) is 4. The Morgan fingerprint density at radius 1 is 1.10 bits per heavy atom. The summed E-state index contributed by atoms with van der Waals surface area (Å²) in [6, 6.07) is 7.28. The predicted octanol–water partition coefficient (Wildman–Crippen LogP) is 2.22. The van der Waals surface area contributed by atoms with Crippen molar-refractivity contribution in [1.29, 1.82) is 0 Å². The van der Waals surface area contributed by atoms with Crippen LogP contribution in [0.15, 0.2) is 30.3 Å². The molecule has 1 saturated heterocycles. The molecule has 2 aliphatic rings. The number of rotatable bonds is 6. The maximum atomic E-state index is 12.8. The Kier molecular flexibility index (Phi) is 7.09. The molecule has 1 heterocycles. The van der Waals surface area contributed by atoms with Crippen LogP contribution in [0, 0.1) is 5.92 Å². The number of carbonyl (C=O) groups is 3. The number of amides is 3. The maximum absolute atomic E-state index is 12.8. The van der Waals surface area contributed by atoms with E-state index in [4.69, 9.17) is 5.11 Å². The number of anilines is 1. The standard InChI is InChI=1S/C21H29N3O5/c25-18-12-11-16(20(27)24(18)15-9-5-2-6-10-15)22-19(26)17(23-21(28)29)13-14-7-3-1-4-8-14/h2,5-6,9-10,14,16-17,20,23,27H,1,3-4,7-8,11-13H2,(H,22,26)(H,28,29)/t16-,17?,20+/m1/s1. The van der Waals surface area contributed by atoms with Crippen molar-refractivity contribution in [2.45, 2.75) is 69.7 Å². The molecule has 3 rings (SSSR count). The molecule has 4 N–H and O–H groups in total. The average molecular weight is 403 g/mol. The highest BCUT2D eigenvalue weighted by Gasteiger charge is 2.37. The van der Waals surface area contributed by atoms with Gasteiger partial charge in [-0.25, -0.2) is 4.79 Å². The SMILES string of the molecule is O=C(O)NC(CC1CCCCC1)C(=O)N[C@@H]1CCC(=O)N(c2ccccc2)[C@H]1O. The van der Waals surface area contributed by atoms with Gasteiger partial charge in [-0.15, -0.1) is 0 Å². The Bertz CT molecular complexity index is 720. The van der Waals surface area contributed by atoms with Crippen molar-refractivity contribution in [3.05, 3.63) is 30.3 Å². The van der Waals surface area contributed by atoms with E-state index in [0.29, 0.717) is 24.4 Å². The largest absolute Gasteiger partial charge is 0.465 e. The molecule has 8 nitrogen and oxygen atoms in total. The molecule has 8 heteroatoms. The number of aliphatic hydroxyl groups excluding tert-OH is 1. The van der Waals surface area contributed by atoms with Crippen LogP contribution in [0.5, 0.6) is 0 Å². The second-order valence-electron chi connectivity index (χ2n) is 7.91. The number of piperidine rings is 1. The van der Waals surface area contributed by atoms with Crippen molar-refractivity contribution >= 4 is 23.6 Å². The fourth-order valence-electron chi connectivity index (χ4n) is 4.33. The van der Waals surface area contributed by atoms with E-state index in [9.17, 15) is 19.5 Å². The Balaban J connectivity index is 1.67. The summed E-state index contributed by atoms with van der Waals surface area (Å²) in [4.78, 5) is 37.7. The van der Waals surface area contributed by atoms with E-state index in [0.717, 1.165) is 25.7 Å². The first kappa shape index (κ1) is 21.1. The van der Waals surface area contributed by atoms with Crippen molar-refractivity contribution in [2.24, 2.45) is 5.92 Å². The minimum absolute atomic E-state index is 0.191. The molecule has 0 radical (unpaired) electrons. The zero-order chi connectivity index (χ0) is 20.8. The lowest BCUT2D eigenvalue weighted by atomic mass is 9.84. The molecule has 0 bridgehead atoms. The normalized spacial score (nSPS) is 24.0. The van der Waals surface area contributed by atoms with Crippen LogP contribution in [0.3, 0.4) is 0 Å². The quantitative estimate of drug-likeness (QED) is 0.581. The third kappa shape index (κ3) is 5.47. The van der Waals surface area contributed by atoms with Gasteiger partial charge >= 0.3 is 6.09 Å². The van der Waals surface area contributed by atoms with Crippen molar-refractivity contribution in [1.82, 2.24) is 10.6 Å². The number of hydrogen-bond acceptors (Lipinski definition) is 4. The van der Waals surface area contributed by atoms with E-state index in [2.05, 4.69) is 10.6 Å². The Hall–Kier alpha value is -2.61. The number of nitrogens with one attached hydrogen (secondary N) is 2. The molecular formula is C21H29N3O5. The van der Waals surface area contributed by atoms with E-state index in [1.165, 1.54) is 11.3 Å². The lowest BCUT2D eigenvalue weighted by molar-refractivity contribution is -0.129. The smallest absolute Gasteiger partial charge is 0.405 e. The third-order valence-corrected chi connectivity index (χ3v) is 5.83. The molecule has 0 spiro atoms. The second-order valence-corrected chi connectivity index (χ2v) is 7.91. The van der Waals surface area contributed by atoms with E-state index < -0.39 is 30.3 Å². The van der Waals surface area contributed by atoms with Gasteiger partial charge in [0.15, 0.2) is 6.23 Å². The van der Waals surface area contributed by atoms with Crippen LogP contribution in [-0.2, 0) is 9.59 Å². The van der Waals surface area contributed by atoms with Crippen LogP contribution < -0.4 is 15.5 Å². The van der Waals surface area contributed by atoms with Gasteiger partial charge in [0.25, 0.3) is 0 Å². The van der Waals surface area contributed by atoms with Crippen LogP contribution in [0.4, 0.5) is 10.5 Å². The molecule has 1 aliphatic carbocycles. The highest BCUT2D eigenvalue weighted by Crippen LogP contribution is 2.28. The summed E-state index contributed by atoms with van der Waals surface area (Å²) < 4.78 is 0. The first-order valence-electron chi connectivity index (χ1n) is 10.3. The molecule has 3 amide bonds. The number of para-hydroxylation sites is 1. The first-order chi connectivity index (χ1) is 14.0. The van der Waals surface area contributed by atoms with Crippen molar-refractivity contribution in [3.8, 4) is 0 Å². The molecular weight excluding hydrogens is 374 g/mol. The van der Waals surface area contributed by atoms with Gasteiger partial charge in [-0.3, -0.25) is 14.5 Å². The van der Waals surface area contributed by atoms with Gasteiger partial charge in [0.05, 0.1) is 6.04 Å². The summed E-state index contributed by atoms with van der Waals surface area (Å²) in [6.45, 7) is 0. The zero-order valence-corrected chi connectivity index (χ0v) is 16.4. The van der Waals surface area contributed by atoms with Crippen LogP contribution in [-0.4, -0.2) is 46.4 Å². The number of carbonyl (C=O) groups excluding carboxylic acids is 2. The van der Waals surface area contributed by atoms with Crippen molar-refractivity contribution < 1.29 is 24.6 Å². The number of carboxylic acid groups (broad SMARTS) is 1. The van der Waals surface area contributed by atoms with Crippen molar-refractivity contribution in [3.63, 3.8) is 0 Å². The van der Waals surface area contributed by atoms with Crippen LogP contribution >= 0.6 is 0 Å². The monoisotopic (exact) mass is 403 g/mol. The topological polar surface area (TPSA) is 119 Å². The van der Waals surface area contributed by atoms with Gasteiger partial charge in [0, 0.05) is 12.1 Å². The summed E-state index contributed by atoms with van der Waals surface area (Å²) in [6.07, 6.45) is 3.85. The third-order valence-electron chi connectivity index (χ3n) is 5.83. The van der Waals surface area contributed by atoms with E-state index in [1.54, 1.807) is 24.3 Å². The molecule has 1 saturated carbocycles. The highest BCUT2D eigenvalue weighted by atomic mass is 16.4. The Labute approximate surface area is 170 Å². The fraction of sp³-hybridized carbons (Fsp3) is 0.571. The van der Waals surface area contributed by atoms with Crippen LogP contribution in [0.25, 0.3) is 0 Å². The Morgan fingerprint density at radius 3 is 2.45 bits per heavy atom. The van der Waals surface area contributed by atoms with Gasteiger partial charge < -0.3 is 20.8 Å². The molecule has 1 aromatic carbocycles. The fourth-order valence-corrected chi connectivity index (χ4v) is 4.33. The van der Waals surface area contributed by atoms with Crippen LogP contribution in [0.2, 0.25) is 0 Å². The lowest BCUT2D eigenvalue weighted by Crippen LogP contribution is -2.60. The van der Waals surface area contributed by atoms with Crippen LogP contribution in [0.1, 0.15) is 51.4 Å². The molecule has 29 heavy (non-hydrogen) atoms. The van der Waals surface area contributed by atoms with Gasteiger partial charge in [-0.2, -0.15) is 0 Å². The summed E-state index contributed by atoms with van der Waals surface area (Å²) in [5.74, 6) is -0.356. The average Bonchev–Trinajstić information content (AvgIpc) is 2.71. The first-order valence-corrected chi connectivity index (χ1v) is 10.3. The van der Waals surface area contributed by atoms with Gasteiger partial charge in [0.1, 0.15) is 6.04 Å². The molecule has 1 aliphatic heterocycles. The number of benzene rings is 1. The Morgan fingerprint density at radius 2 is 1.79 bits per heavy atom. The van der Waals surface area contributed by atoms with Gasteiger partial charge in [-0.1, -0.05) is 50.3 Å². The zero-order valence-electron chi connectivity index (χ0n) is 16.4.